The van der Waals surface area contributed by atoms with Crippen LogP contribution in [0, 0.1) is 13.8 Å². The average Bonchev–Trinajstić information content (AvgIpc) is 2.35. The molecule has 2 nitrogen and oxygen atoms in total. The fourth-order valence-electron chi connectivity index (χ4n) is 1.81. The van der Waals surface area contributed by atoms with Crippen molar-refractivity contribution in [1.82, 2.24) is 4.98 Å². The van der Waals surface area contributed by atoms with Gasteiger partial charge in [-0.05, 0) is 49.6 Å². The summed E-state index contributed by atoms with van der Waals surface area (Å²) in [7, 11) is 0. The smallest absolute Gasteiger partial charge is 0.104 e. The Morgan fingerprint density at radius 1 is 1.17 bits per heavy atom. The molecule has 0 aliphatic heterocycles. The maximum atomic E-state index is 5.56. The molecule has 0 aliphatic carbocycles. The van der Waals surface area contributed by atoms with Gasteiger partial charge in [0, 0.05) is 11.1 Å². The zero-order chi connectivity index (χ0) is 13.0. The highest BCUT2D eigenvalue weighted by atomic mass is 32.2. The average molecular weight is 258 g/mol. The summed E-state index contributed by atoms with van der Waals surface area (Å²) in [6.07, 6.45) is 2.82. The molecule has 2 aromatic rings. The summed E-state index contributed by atoms with van der Waals surface area (Å²) in [6.45, 7) is 4.90. The summed E-state index contributed by atoms with van der Waals surface area (Å²) < 4.78 is 0. The number of benzene rings is 1. The minimum absolute atomic E-state index is 0.672. The maximum Gasteiger partial charge on any atom is 0.104 e. The number of nitrogens with zero attached hydrogens (tertiary/aromatic N) is 1. The van der Waals surface area contributed by atoms with Gasteiger partial charge in [-0.1, -0.05) is 36.0 Å². The molecular formula is C15H18N2S. The summed E-state index contributed by atoms with van der Waals surface area (Å²) >= 11 is 1.73. The fraction of sp³-hybridized carbons (Fsp3) is 0.267. The highest BCUT2D eigenvalue weighted by Crippen LogP contribution is 2.30. The molecule has 0 aliphatic rings. The quantitative estimate of drug-likeness (QED) is 0.914. The predicted molar refractivity (Wildman–Crippen MR) is 77.0 cm³/mol. The standard InChI is InChI=1S/C15H18N2S/c1-11-5-3-4-6-14(11)18-15-12(2)9-13(7-8-16)10-17-15/h3-6,9-10H,7-8,16H2,1-2H3. The van der Waals surface area contributed by atoms with Crippen LogP contribution in [0.4, 0.5) is 0 Å². The van der Waals surface area contributed by atoms with Crippen molar-refractivity contribution < 1.29 is 0 Å². The first-order chi connectivity index (χ1) is 8.70. The topological polar surface area (TPSA) is 38.9 Å². The lowest BCUT2D eigenvalue weighted by atomic mass is 10.2. The molecule has 0 bridgehead atoms. The monoisotopic (exact) mass is 258 g/mol. The third-order valence-corrected chi connectivity index (χ3v) is 4.12. The van der Waals surface area contributed by atoms with Crippen molar-refractivity contribution in [2.24, 2.45) is 5.73 Å². The summed E-state index contributed by atoms with van der Waals surface area (Å²) in [5, 5.41) is 1.07. The highest BCUT2D eigenvalue weighted by molar-refractivity contribution is 7.99. The zero-order valence-corrected chi connectivity index (χ0v) is 11.6. The molecule has 0 unspecified atom stereocenters. The lowest BCUT2D eigenvalue weighted by Gasteiger charge is -2.08. The molecule has 94 valence electrons. The van der Waals surface area contributed by atoms with Crippen LogP contribution in [0.2, 0.25) is 0 Å². The first-order valence-electron chi connectivity index (χ1n) is 6.10. The molecule has 18 heavy (non-hydrogen) atoms. The lowest BCUT2D eigenvalue weighted by Crippen LogP contribution is -2.03. The van der Waals surface area contributed by atoms with Crippen molar-refractivity contribution in [2.75, 3.05) is 6.54 Å². The third kappa shape index (κ3) is 3.12. The van der Waals surface area contributed by atoms with E-state index in [1.165, 1.54) is 21.6 Å². The van der Waals surface area contributed by atoms with Crippen LogP contribution in [0.5, 0.6) is 0 Å². The van der Waals surface area contributed by atoms with Crippen molar-refractivity contribution >= 4 is 11.8 Å². The lowest BCUT2D eigenvalue weighted by molar-refractivity contribution is 0.935. The van der Waals surface area contributed by atoms with Gasteiger partial charge < -0.3 is 5.73 Å². The third-order valence-electron chi connectivity index (χ3n) is 2.82. The zero-order valence-electron chi connectivity index (χ0n) is 10.8. The minimum atomic E-state index is 0.672. The number of nitrogens with two attached hydrogens (primary N) is 1. The van der Waals surface area contributed by atoms with E-state index in [1.54, 1.807) is 11.8 Å². The van der Waals surface area contributed by atoms with Crippen LogP contribution in [0.15, 0.2) is 46.5 Å². The van der Waals surface area contributed by atoms with Crippen LogP contribution in [0.25, 0.3) is 0 Å². The second kappa shape index (κ2) is 6.03. The van der Waals surface area contributed by atoms with Gasteiger partial charge in [0.05, 0.1) is 0 Å². The van der Waals surface area contributed by atoms with E-state index in [0.717, 1.165) is 11.4 Å². The first kappa shape index (κ1) is 13.1. The van der Waals surface area contributed by atoms with Crippen molar-refractivity contribution in [3.05, 3.63) is 53.2 Å². The van der Waals surface area contributed by atoms with Crippen LogP contribution >= 0.6 is 11.8 Å². The van der Waals surface area contributed by atoms with Crippen molar-refractivity contribution in [1.29, 1.82) is 0 Å². The molecule has 0 spiro atoms. The Morgan fingerprint density at radius 3 is 2.61 bits per heavy atom. The summed E-state index contributed by atoms with van der Waals surface area (Å²) in [5.74, 6) is 0. The number of pyridine rings is 1. The Bertz CT molecular complexity index is 538. The predicted octanol–water partition coefficient (Wildman–Crippen LogP) is 3.35. The molecule has 0 saturated heterocycles. The van der Waals surface area contributed by atoms with Crippen LogP contribution in [0.1, 0.15) is 16.7 Å². The molecule has 1 aromatic carbocycles. The van der Waals surface area contributed by atoms with Gasteiger partial charge in [-0.15, -0.1) is 0 Å². The number of rotatable bonds is 4. The Labute approximate surface area is 113 Å². The van der Waals surface area contributed by atoms with Crippen molar-refractivity contribution in [3.63, 3.8) is 0 Å². The van der Waals surface area contributed by atoms with Crippen molar-refractivity contribution in [3.8, 4) is 0 Å². The van der Waals surface area contributed by atoms with Gasteiger partial charge in [0.1, 0.15) is 5.03 Å². The van der Waals surface area contributed by atoms with E-state index in [1.807, 2.05) is 6.20 Å². The van der Waals surface area contributed by atoms with E-state index >= 15 is 0 Å². The Kier molecular flexibility index (Phi) is 4.39. The van der Waals surface area contributed by atoms with Crippen molar-refractivity contribution in [2.45, 2.75) is 30.2 Å². The molecule has 0 amide bonds. The molecule has 0 radical (unpaired) electrons. The van der Waals surface area contributed by atoms with Gasteiger partial charge in [-0.25, -0.2) is 4.98 Å². The van der Waals surface area contributed by atoms with E-state index in [-0.39, 0.29) is 0 Å². The molecule has 2 N–H and O–H groups in total. The van der Waals surface area contributed by atoms with Crippen LogP contribution < -0.4 is 5.73 Å². The van der Waals surface area contributed by atoms with Gasteiger partial charge in [0.15, 0.2) is 0 Å². The summed E-state index contributed by atoms with van der Waals surface area (Å²) in [6, 6.07) is 10.6. The van der Waals surface area contributed by atoms with Gasteiger partial charge in [-0.3, -0.25) is 0 Å². The van der Waals surface area contributed by atoms with Crippen LogP contribution in [-0.2, 0) is 6.42 Å². The van der Waals surface area contributed by atoms with E-state index in [9.17, 15) is 0 Å². The van der Waals surface area contributed by atoms with E-state index in [0.29, 0.717) is 6.54 Å². The second-order valence-corrected chi connectivity index (χ2v) is 5.40. The maximum absolute atomic E-state index is 5.56. The van der Waals surface area contributed by atoms with Gasteiger partial charge in [0.2, 0.25) is 0 Å². The number of hydrogen-bond acceptors (Lipinski definition) is 3. The molecule has 0 atom stereocenters. The summed E-state index contributed by atoms with van der Waals surface area (Å²) in [4.78, 5) is 5.80. The molecular weight excluding hydrogens is 240 g/mol. The van der Waals surface area contributed by atoms with Crippen LogP contribution in [-0.4, -0.2) is 11.5 Å². The first-order valence-corrected chi connectivity index (χ1v) is 6.91. The Morgan fingerprint density at radius 2 is 1.94 bits per heavy atom. The largest absolute Gasteiger partial charge is 0.330 e. The molecule has 0 saturated carbocycles. The second-order valence-electron chi connectivity index (χ2n) is 4.37. The molecule has 1 aromatic heterocycles. The van der Waals surface area contributed by atoms with Gasteiger partial charge in [-0.2, -0.15) is 0 Å². The van der Waals surface area contributed by atoms with E-state index in [4.69, 9.17) is 5.73 Å². The van der Waals surface area contributed by atoms with E-state index < -0.39 is 0 Å². The molecule has 3 heteroatoms. The highest BCUT2D eigenvalue weighted by Gasteiger charge is 2.05. The Hall–Kier alpha value is -1.32. The molecule has 2 rings (SSSR count). The van der Waals surface area contributed by atoms with Gasteiger partial charge >= 0.3 is 0 Å². The number of aryl methyl sites for hydroxylation is 2. The van der Waals surface area contributed by atoms with Gasteiger partial charge in [0.25, 0.3) is 0 Å². The number of hydrogen-bond donors (Lipinski definition) is 1. The van der Waals surface area contributed by atoms with Crippen LogP contribution in [0.3, 0.4) is 0 Å². The minimum Gasteiger partial charge on any atom is -0.330 e. The Balaban J connectivity index is 2.22. The molecule has 0 fully saturated rings. The normalized spacial score (nSPS) is 10.6. The number of aromatic nitrogens is 1. The SMILES string of the molecule is Cc1ccccc1Sc1ncc(CCN)cc1C. The fourth-order valence-corrected chi connectivity index (χ4v) is 2.72. The molecule has 1 heterocycles. The summed E-state index contributed by atoms with van der Waals surface area (Å²) in [5.41, 5.74) is 9.27. The van der Waals surface area contributed by atoms with E-state index in [2.05, 4.69) is 49.2 Å².